The number of nitrogens with one attached hydrogen (secondary N) is 2. The first kappa shape index (κ1) is 20.9. The molecule has 0 aromatic rings. The standard InChI is InChI=1S/C19H32N4O5/c1-2-28-18(26)23-8-3-15(4-9-23)21-17(25)19(5-6-19)16(24)20-7-10-22-11-13-27-14-12-22/h15H,2-14H2,1H3,(H,20,24)(H,21,25). The Labute approximate surface area is 166 Å². The monoisotopic (exact) mass is 396 g/mol. The van der Waals surface area contributed by atoms with Gasteiger partial charge in [-0.25, -0.2) is 4.79 Å². The first-order chi connectivity index (χ1) is 13.5. The van der Waals surface area contributed by atoms with Crippen molar-refractivity contribution in [3.8, 4) is 0 Å². The smallest absolute Gasteiger partial charge is 0.409 e. The lowest BCUT2D eigenvalue weighted by Crippen LogP contribution is -2.51. The number of piperidine rings is 1. The molecule has 28 heavy (non-hydrogen) atoms. The molecule has 1 saturated carbocycles. The van der Waals surface area contributed by atoms with E-state index in [4.69, 9.17) is 9.47 Å². The SMILES string of the molecule is CCOC(=O)N1CCC(NC(=O)C2(C(=O)NCCN3CCOCC3)CC2)CC1. The molecule has 2 N–H and O–H groups in total. The summed E-state index contributed by atoms with van der Waals surface area (Å²) in [4.78, 5) is 41.0. The minimum absolute atomic E-state index is 0.00296. The largest absolute Gasteiger partial charge is 0.450 e. The van der Waals surface area contributed by atoms with Gasteiger partial charge < -0.3 is 25.0 Å². The number of carbonyl (C=O) groups excluding carboxylic acids is 3. The Hall–Kier alpha value is -1.87. The molecule has 2 heterocycles. The topological polar surface area (TPSA) is 100 Å². The van der Waals surface area contributed by atoms with Crippen molar-refractivity contribution in [1.29, 1.82) is 0 Å². The van der Waals surface area contributed by atoms with Crippen LogP contribution in [0, 0.1) is 5.41 Å². The number of likely N-dealkylation sites (tertiary alicyclic amines) is 1. The summed E-state index contributed by atoms with van der Waals surface area (Å²) in [6.45, 7) is 7.81. The molecule has 0 aromatic heterocycles. The van der Waals surface area contributed by atoms with E-state index in [2.05, 4.69) is 15.5 Å². The summed E-state index contributed by atoms with van der Waals surface area (Å²) in [6, 6.07) is -0.00296. The fourth-order valence-electron chi connectivity index (χ4n) is 3.75. The zero-order valence-electron chi connectivity index (χ0n) is 16.7. The highest BCUT2D eigenvalue weighted by molar-refractivity contribution is 6.07. The molecule has 3 rings (SSSR count). The fraction of sp³-hybridized carbons (Fsp3) is 0.842. The first-order valence-electron chi connectivity index (χ1n) is 10.4. The molecule has 3 aliphatic rings. The Kier molecular flexibility index (Phi) is 7.12. The number of hydrogen-bond acceptors (Lipinski definition) is 6. The average Bonchev–Trinajstić information content (AvgIpc) is 3.52. The van der Waals surface area contributed by atoms with Gasteiger partial charge in [0.05, 0.1) is 19.8 Å². The summed E-state index contributed by atoms with van der Waals surface area (Å²) in [5, 5.41) is 5.96. The van der Waals surface area contributed by atoms with Crippen LogP contribution in [-0.2, 0) is 19.1 Å². The molecule has 0 spiro atoms. The summed E-state index contributed by atoms with van der Waals surface area (Å²) < 4.78 is 10.3. The quantitative estimate of drug-likeness (QED) is 0.586. The van der Waals surface area contributed by atoms with Crippen LogP contribution in [0.25, 0.3) is 0 Å². The molecule has 9 nitrogen and oxygen atoms in total. The van der Waals surface area contributed by atoms with Gasteiger partial charge in [-0.05, 0) is 32.6 Å². The third kappa shape index (κ3) is 5.14. The maximum Gasteiger partial charge on any atom is 0.409 e. The Morgan fingerprint density at radius 1 is 1.07 bits per heavy atom. The number of rotatable bonds is 7. The van der Waals surface area contributed by atoms with Crippen molar-refractivity contribution in [2.75, 3.05) is 59.1 Å². The minimum atomic E-state index is -0.900. The summed E-state index contributed by atoms with van der Waals surface area (Å²) in [6.07, 6.45) is 2.26. The lowest BCUT2D eigenvalue weighted by atomic mass is 10.0. The second-order valence-corrected chi connectivity index (χ2v) is 7.73. The summed E-state index contributed by atoms with van der Waals surface area (Å²) in [5.74, 6) is -0.340. The molecule has 0 bridgehead atoms. The maximum absolute atomic E-state index is 12.7. The van der Waals surface area contributed by atoms with Crippen LogP contribution in [0.3, 0.4) is 0 Å². The lowest BCUT2D eigenvalue weighted by Gasteiger charge is -2.32. The second-order valence-electron chi connectivity index (χ2n) is 7.73. The highest BCUT2D eigenvalue weighted by atomic mass is 16.6. The van der Waals surface area contributed by atoms with E-state index in [1.165, 1.54) is 0 Å². The van der Waals surface area contributed by atoms with E-state index in [1.54, 1.807) is 11.8 Å². The summed E-state index contributed by atoms with van der Waals surface area (Å²) >= 11 is 0. The van der Waals surface area contributed by atoms with Gasteiger partial charge in [-0.2, -0.15) is 0 Å². The maximum atomic E-state index is 12.7. The van der Waals surface area contributed by atoms with E-state index in [9.17, 15) is 14.4 Å². The number of amides is 3. The van der Waals surface area contributed by atoms with Crippen molar-refractivity contribution in [3.05, 3.63) is 0 Å². The van der Waals surface area contributed by atoms with Gasteiger partial charge in [-0.15, -0.1) is 0 Å². The zero-order chi connectivity index (χ0) is 20.0. The molecule has 0 unspecified atom stereocenters. The van der Waals surface area contributed by atoms with E-state index in [0.717, 1.165) is 32.8 Å². The van der Waals surface area contributed by atoms with Gasteiger partial charge in [0.1, 0.15) is 5.41 Å². The molecular weight excluding hydrogens is 364 g/mol. The van der Waals surface area contributed by atoms with Gasteiger partial charge >= 0.3 is 6.09 Å². The average molecular weight is 396 g/mol. The number of morpholine rings is 1. The van der Waals surface area contributed by atoms with Crippen LogP contribution < -0.4 is 10.6 Å². The predicted octanol–water partition coefficient (Wildman–Crippen LogP) is -0.0479. The lowest BCUT2D eigenvalue weighted by molar-refractivity contribution is -0.137. The van der Waals surface area contributed by atoms with Crippen LogP contribution in [0.5, 0.6) is 0 Å². The van der Waals surface area contributed by atoms with Crippen LogP contribution in [0.2, 0.25) is 0 Å². The molecule has 1 aliphatic carbocycles. The van der Waals surface area contributed by atoms with Gasteiger partial charge in [-0.1, -0.05) is 0 Å². The Balaban J connectivity index is 1.38. The van der Waals surface area contributed by atoms with Gasteiger partial charge in [0.15, 0.2) is 0 Å². The number of hydrogen-bond donors (Lipinski definition) is 2. The molecule has 0 radical (unpaired) electrons. The Bertz CT molecular complexity index is 567. The molecule has 2 saturated heterocycles. The fourth-order valence-corrected chi connectivity index (χ4v) is 3.75. The van der Waals surface area contributed by atoms with Crippen LogP contribution in [0.1, 0.15) is 32.6 Å². The molecule has 9 heteroatoms. The van der Waals surface area contributed by atoms with Gasteiger partial charge in [-0.3, -0.25) is 14.5 Å². The van der Waals surface area contributed by atoms with Crippen molar-refractivity contribution in [1.82, 2.24) is 20.4 Å². The summed E-state index contributed by atoms with van der Waals surface area (Å²) in [7, 11) is 0. The highest BCUT2D eigenvalue weighted by Gasteiger charge is 2.56. The van der Waals surface area contributed by atoms with Crippen molar-refractivity contribution in [2.24, 2.45) is 5.41 Å². The van der Waals surface area contributed by atoms with Crippen LogP contribution in [-0.4, -0.2) is 92.8 Å². The van der Waals surface area contributed by atoms with Crippen LogP contribution in [0.15, 0.2) is 0 Å². The van der Waals surface area contributed by atoms with Gasteiger partial charge in [0.25, 0.3) is 0 Å². The number of ether oxygens (including phenoxy) is 2. The third-order valence-corrected chi connectivity index (χ3v) is 5.79. The van der Waals surface area contributed by atoms with E-state index >= 15 is 0 Å². The normalized spacial score (nSPS) is 22.4. The Morgan fingerprint density at radius 3 is 2.36 bits per heavy atom. The van der Waals surface area contributed by atoms with E-state index < -0.39 is 5.41 Å². The van der Waals surface area contributed by atoms with Gasteiger partial charge in [0, 0.05) is 45.3 Å². The second kappa shape index (κ2) is 9.56. The van der Waals surface area contributed by atoms with Crippen molar-refractivity contribution in [3.63, 3.8) is 0 Å². The summed E-state index contributed by atoms with van der Waals surface area (Å²) in [5.41, 5.74) is -0.900. The third-order valence-electron chi connectivity index (χ3n) is 5.79. The van der Waals surface area contributed by atoms with Crippen LogP contribution >= 0.6 is 0 Å². The van der Waals surface area contributed by atoms with E-state index in [0.29, 0.717) is 51.9 Å². The molecule has 158 valence electrons. The zero-order valence-corrected chi connectivity index (χ0v) is 16.7. The Morgan fingerprint density at radius 2 is 1.75 bits per heavy atom. The highest BCUT2D eigenvalue weighted by Crippen LogP contribution is 2.46. The molecule has 3 fully saturated rings. The molecule has 2 aliphatic heterocycles. The van der Waals surface area contributed by atoms with Crippen molar-refractivity contribution >= 4 is 17.9 Å². The number of nitrogens with zero attached hydrogens (tertiary/aromatic N) is 2. The molecule has 0 atom stereocenters. The molecular formula is C19H32N4O5. The minimum Gasteiger partial charge on any atom is -0.450 e. The first-order valence-corrected chi connectivity index (χ1v) is 10.4. The van der Waals surface area contributed by atoms with E-state index in [-0.39, 0.29) is 23.9 Å². The number of carbonyl (C=O) groups is 3. The van der Waals surface area contributed by atoms with Crippen molar-refractivity contribution < 1.29 is 23.9 Å². The molecule has 0 aromatic carbocycles. The molecule has 3 amide bonds. The van der Waals surface area contributed by atoms with Gasteiger partial charge in [0.2, 0.25) is 11.8 Å². The van der Waals surface area contributed by atoms with Crippen molar-refractivity contribution in [2.45, 2.75) is 38.6 Å². The predicted molar refractivity (Wildman–Crippen MR) is 102 cm³/mol. The van der Waals surface area contributed by atoms with E-state index in [1.807, 2.05) is 0 Å². The van der Waals surface area contributed by atoms with Crippen LogP contribution in [0.4, 0.5) is 4.79 Å².